The number of nitro groups is 1. The zero-order valence-electron chi connectivity index (χ0n) is 18.1. The summed E-state index contributed by atoms with van der Waals surface area (Å²) in [7, 11) is 0. The van der Waals surface area contributed by atoms with Gasteiger partial charge in [-0.1, -0.05) is 18.2 Å². The summed E-state index contributed by atoms with van der Waals surface area (Å²) in [5, 5.41) is 14.8. The van der Waals surface area contributed by atoms with Gasteiger partial charge >= 0.3 is 5.97 Å². The van der Waals surface area contributed by atoms with Crippen LogP contribution in [-0.2, 0) is 9.53 Å². The molecule has 1 aromatic carbocycles. The first-order valence-corrected chi connectivity index (χ1v) is 10.3. The topological polar surface area (TPSA) is 120 Å². The Morgan fingerprint density at radius 1 is 1.12 bits per heavy atom. The molecular weight excluding hydrogens is 422 g/mol. The van der Waals surface area contributed by atoms with Crippen molar-refractivity contribution in [3.8, 4) is 0 Å². The Morgan fingerprint density at radius 2 is 1.94 bits per heavy atom. The minimum absolute atomic E-state index is 0.0789. The molecule has 33 heavy (non-hydrogen) atoms. The molecular formula is C24H21N5O4. The van der Waals surface area contributed by atoms with E-state index in [2.05, 4.69) is 20.3 Å². The minimum Gasteiger partial charge on any atom is -0.463 e. The first-order chi connectivity index (χ1) is 16.0. The Balaban J connectivity index is 2.04. The molecule has 1 aliphatic heterocycles. The summed E-state index contributed by atoms with van der Waals surface area (Å²) in [4.78, 5) is 37.3. The van der Waals surface area contributed by atoms with E-state index in [4.69, 9.17) is 4.74 Å². The molecule has 3 aromatic rings. The van der Waals surface area contributed by atoms with Gasteiger partial charge in [0, 0.05) is 47.9 Å². The van der Waals surface area contributed by atoms with Crippen LogP contribution in [0.2, 0.25) is 0 Å². The van der Waals surface area contributed by atoms with Crippen molar-refractivity contribution < 1.29 is 14.5 Å². The lowest BCUT2D eigenvalue weighted by atomic mass is 9.78. The van der Waals surface area contributed by atoms with Crippen molar-refractivity contribution in [3.05, 3.63) is 106 Å². The number of carbonyl (C=O) groups is 1. The van der Waals surface area contributed by atoms with E-state index in [1.807, 2.05) is 12.1 Å². The van der Waals surface area contributed by atoms with Gasteiger partial charge in [0.2, 0.25) is 0 Å². The minimum atomic E-state index is -0.695. The lowest BCUT2D eigenvalue weighted by Gasteiger charge is -2.32. The van der Waals surface area contributed by atoms with E-state index in [1.165, 1.54) is 12.1 Å². The molecule has 0 radical (unpaired) electrons. The highest BCUT2D eigenvalue weighted by molar-refractivity contribution is 6.03. The van der Waals surface area contributed by atoms with Crippen LogP contribution in [0.4, 0.5) is 5.69 Å². The normalized spacial score (nSPS) is 15.8. The van der Waals surface area contributed by atoms with Gasteiger partial charge in [0.25, 0.3) is 5.69 Å². The van der Waals surface area contributed by atoms with Gasteiger partial charge in [-0.25, -0.2) is 4.79 Å². The molecule has 0 amide bonds. The van der Waals surface area contributed by atoms with Crippen LogP contribution in [0.1, 0.15) is 36.7 Å². The summed E-state index contributed by atoms with van der Waals surface area (Å²) in [6, 6.07) is 11.7. The number of hydrogen-bond donors (Lipinski definition) is 1. The van der Waals surface area contributed by atoms with Crippen molar-refractivity contribution in [2.75, 3.05) is 6.61 Å². The van der Waals surface area contributed by atoms with Gasteiger partial charge in [-0.3, -0.25) is 25.1 Å². The highest BCUT2D eigenvalue weighted by Crippen LogP contribution is 2.45. The van der Waals surface area contributed by atoms with Crippen LogP contribution in [0.3, 0.4) is 0 Å². The second-order valence-electron chi connectivity index (χ2n) is 7.26. The van der Waals surface area contributed by atoms with Crippen LogP contribution >= 0.6 is 0 Å². The number of nitrogens with one attached hydrogen (secondary N) is 1. The van der Waals surface area contributed by atoms with Crippen molar-refractivity contribution in [2.45, 2.75) is 19.8 Å². The molecule has 2 aromatic heterocycles. The Labute approximate surface area is 190 Å². The molecule has 0 saturated carbocycles. The van der Waals surface area contributed by atoms with Crippen LogP contribution in [0.25, 0.3) is 11.3 Å². The number of pyridine rings is 1. The summed E-state index contributed by atoms with van der Waals surface area (Å²) in [5.41, 5.74) is 3.80. The van der Waals surface area contributed by atoms with E-state index >= 15 is 0 Å². The third-order valence-corrected chi connectivity index (χ3v) is 5.23. The van der Waals surface area contributed by atoms with E-state index in [1.54, 1.807) is 56.8 Å². The number of esters is 1. The number of nitro benzene ring substituents is 1. The molecule has 1 atom stereocenters. The van der Waals surface area contributed by atoms with Crippen molar-refractivity contribution in [1.29, 1.82) is 0 Å². The number of benzene rings is 1. The predicted molar refractivity (Wildman–Crippen MR) is 121 cm³/mol. The molecule has 1 aliphatic rings. The second kappa shape index (κ2) is 9.39. The van der Waals surface area contributed by atoms with Crippen molar-refractivity contribution in [2.24, 2.45) is 0 Å². The molecule has 0 aliphatic carbocycles. The maximum atomic E-state index is 13.1. The molecule has 166 valence electrons. The smallest absolute Gasteiger partial charge is 0.336 e. The highest BCUT2D eigenvalue weighted by Gasteiger charge is 2.37. The van der Waals surface area contributed by atoms with Gasteiger partial charge in [0.05, 0.1) is 40.4 Å². The van der Waals surface area contributed by atoms with E-state index in [0.717, 1.165) is 0 Å². The fourth-order valence-electron chi connectivity index (χ4n) is 3.89. The van der Waals surface area contributed by atoms with Crippen LogP contribution in [-0.4, -0.2) is 32.5 Å². The first kappa shape index (κ1) is 21.8. The zero-order valence-corrected chi connectivity index (χ0v) is 18.1. The van der Waals surface area contributed by atoms with Gasteiger partial charge in [0.15, 0.2) is 0 Å². The van der Waals surface area contributed by atoms with Crippen molar-refractivity contribution in [1.82, 2.24) is 20.3 Å². The number of carbonyl (C=O) groups excluding carboxylic acids is 1. The molecule has 1 N–H and O–H groups in total. The number of hydrogen-bond acceptors (Lipinski definition) is 8. The van der Waals surface area contributed by atoms with E-state index < -0.39 is 16.8 Å². The Bertz CT molecular complexity index is 1260. The molecule has 9 nitrogen and oxygen atoms in total. The molecule has 0 saturated heterocycles. The third kappa shape index (κ3) is 4.33. The first-order valence-electron chi connectivity index (χ1n) is 10.3. The van der Waals surface area contributed by atoms with Gasteiger partial charge in [-0.15, -0.1) is 0 Å². The second-order valence-corrected chi connectivity index (χ2v) is 7.26. The molecule has 9 heteroatoms. The lowest BCUT2D eigenvalue weighted by molar-refractivity contribution is -0.384. The number of aromatic nitrogens is 3. The lowest BCUT2D eigenvalue weighted by Crippen LogP contribution is -2.29. The SMILES string of the molecule is CCOC(=O)C1=C(C)NC(c2ccccn2)=C(c2cnccn2)C1c1cccc([N+](=O)[O-])c1. The fourth-order valence-corrected chi connectivity index (χ4v) is 3.89. The summed E-state index contributed by atoms with van der Waals surface area (Å²) >= 11 is 0. The van der Waals surface area contributed by atoms with Crippen molar-refractivity contribution in [3.63, 3.8) is 0 Å². The molecule has 4 rings (SSSR count). The van der Waals surface area contributed by atoms with E-state index in [0.29, 0.717) is 39.5 Å². The predicted octanol–water partition coefficient (Wildman–Crippen LogP) is 3.87. The maximum Gasteiger partial charge on any atom is 0.336 e. The third-order valence-electron chi connectivity index (χ3n) is 5.23. The van der Waals surface area contributed by atoms with Crippen LogP contribution < -0.4 is 5.32 Å². The molecule has 3 heterocycles. The molecule has 0 spiro atoms. The van der Waals surface area contributed by atoms with Gasteiger partial charge in [-0.2, -0.15) is 0 Å². The molecule has 1 unspecified atom stereocenters. The average Bonchev–Trinajstić information content (AvgIpc) is 2.84. The largest absolute Gasteiger partial charge is 0.463 e. The van der Waals surface area contributed by atoms with Crippen LogP contribution in [0.5, 0.6) is 0 Å². The van der Waals surface area contributed by atoms with E-state index in [9.17, 15) is 14.9 Å². The number of nitrogens with zero attached hydrogens (tertiary/aromatic N) is 4. The van der Waals surface area contributed by atoms with Gasteiger partial charge < -0.3 is 10.1 Å². The van der Waals surface area contributed by atoms with Gasteiger partial charge in [-0.05, 0) is 31.5 Å². The Hall–Kier alpha value is -4.40. The van der Waals surface area contributed by atoms with Crippen molar-refractivity contribution >= 4 is 22.9 Å². The summed E-state index contributed by atoms with van der Waals surface area (Å²) in [5.74, 6) is -1.21. The highest BCUT2D eigenvalue weighted by atomic mass is 16.6. The number of dihydropyridines is 1. The maximum absolute atomic E-state index is 13.1. The zero-order chi connectivity index (χ0) is 23.4. The monoisotopic (exact) mass is 443 g/mol. The average molecular weight is 443 g/mol. The quantitative estimate of drug-likeness (QED) is 0.346. The summed E-state index contributed by atoms with van der Waals surface area (Å²) < 4.78 is 5.36. The standard InChI is InChI=1S/C24H21N5O4/c1-3-33-24(30)20-15(2)28-23(18-9-4-5-10-26-18)22(19-14-25-11-12-27-19)21(20)16-7-6-8-17(13-16)29(31)32/h4-14,21,28H,3H2,1-2H3. The van der Waals surface area contributed by atoms with E-state index in [-0.39, 0.29) is 12.3 Å². The van der Waals surface area contributed by atoms with Gasteiger partial charge in [0.1, 0.15) is 0 Å². The summed E-state index contributed by atoms with van der Waals surface area (Å²) in [6.45, 7) is 3.69. The summed E-state index contributed by atoms with van der Waals surface area (Å²) in [6.07, 6.45) is 6.36. The number of allylic oxidation sites excluding steroid dienone is 2. The fraction of sp³-hybridized carbons (Fsp3) is 0.167. The number of ether oxygens (including phenoxy) is 1. The van der Waals surface area contributed by atoms with Crippen LogP contribution in [0, 0.1) is 10.1 Å². The molecule has 0 bridgehead atoms. The number of rotatable bonds is 6. The Morgan fingerprint density at radius 3 is 2.61 bits per heavy atom. The molecule has 0 fully saturated rings. The Kier molecular flexibility index (Phi) is 6.21. The number of non-ortho nitro benzene ring substituents is 1. The van der Waals surface area contributed by atoms with Crippen LogP contribution in [0.15, 0.2) is 78.5 Å².